The number of nitrogens with one attached hydrogen (secondary N) is 1. The Morgan fingerprint density at radius 2 is 1.90 bits per heavy atom. The highest BCUT2D eigenvalue weighted by atomic mass is 16.6. The number of nitro benzene ring substituents is 1. The van der Waals surface area contributed by atoms with Crippen LogP contribution < -0.4 is 10.2 Å². The van der Waals surface area contributed by atoms with Gasteiger partial charge in [0.1, 0.15) is 0 Å². The second-order valence-corrected chi connectivity index (χ2v) is 4.36. The Morgan fingerprint density at radius 1 is 1.14 bits per heavy atom. The van der Waals surface area contributed by atoms with Crippen molar-refractivity contribution < 1.29 is 14.5 Å². The number of rotatable bonds is 7. The Kier molecular flexibility index (Phi) is 5.25. The molecular weight excluding hydrogens is 272 g/mol. The molecule has 0 atom stereocenters. The third-order valence-corrected chi connectivity index (χ3v) is 2.90. The molecular formula is C15H16N2O4. The van der Waals surface area contributed by atoms with Crippen LogP contribution >= 0.6 is 0 Å². The summed E-state index contributed by atoms with van der Waals surface area (Å²) in [6, 6.07) is 14.5. The lowest BCUT2D eigenvalue weighted by atomic mass is 10.2. The molecule has 1 N–H and O–H groups in total. The fraction of sp³-hybridized carbons (Fsp3) is 0.200. The van der Waals surface area contributed by atoms with Crippen LogP contribution in [-0.2, 0) is 18.0 Å². The molecule has 0 aromatic heterocycles. The minimum Gasteiger partial charge on any atom is -0.490 e. The smallest absolute Gasteiger partial charge is 0.311 e. The molecule has 0 saturated heterocycles. The van der Waals surface area contributed by atoms with E-state index in [1.165, 1.54) is 13.2 Å². The van der Waals surface area contributed by atoms with Gasteiger partial charge in [-0.15, -0.1) is 0 Å². The molecule has 110 valence electrons. The summed E-state index contributed by atoms with van der Waals surface area (Å²) in [6.45, 7) is 0.802. The van der Waals surface area contributed by atoms with Crippen molar-refractivity contribution in [3.63, 3.8) is 0 Å². The maximum Gasteiger partial charge on any atom is 0.311 e. The zero-order valence-electron chi connectivity index (χ0n) is 11.6. The van der Waals surface area contributed by atoms with Crippen LogP contribution in [0.5, 0.6) is 5.75 Å². The second-order valence-electron chi connectivity index (χ2n) is 4.36. The predicted octanol–water partition coefficient (Wildman–Crippen LogP) is 2.82. The van der Waals surface area contributed by atoms with Crippen LogP contribution in [0.15, 0.2) is 48.5 Å². The van der Waals surface area contributed by atoms with Crippen molar-refractivity contribution in [3.05, 3.63) is 69.8 Å². The molecule has 2 rings (SSSR count). The summed E-state index contributed by atoms with van der Waals surface area (Å²) in [4.78, 5) is 15.8. The Balaban J connectivity index is 1.88. The van der Waals surface area contributed by atoms with Crippen molar-refractivity contribution in [2.75, 3.05) is 7.11 Å². The number of hydrogen-bond acceptors (Lipinski definition) is 5. The Morgan fingerprint density at radius 3 is 2.57 bits per heavy atom. The van der Waals surface area contributed by atoms with Gasteiger partial charge >= 0.3 is 5.69 Å². The summed E-state index contributed by atoms with van der Waals surface area (Å²) < 4.78 is 4.95. The number of ether oxygens (including phenoxy) is 1. The van der Waals surface area contributed by atoms with E-state index in [0.717, 1.165) is 11.1 Å². The van der Waals surface area contributed by atoms with Crippen LogP contribution in [0.1, 0.15) is 11.1 Å². The van der Waals surface area contributed by atoms with Crippen molar-refractivity contribution in [2.24, 2.45) is 0 Å². The SMILES string of the molecule is COc1ccc(CNOCc2ccccc2)cc1[N+](=O)[O-]. The van der Waals surface area contributed by atoms with Gasteiger partial charge in [-0.25, -0.2) is 0 Å². The van der Waals surface area contributed by atoms with E-state index in [0.29, 0.717) is 13.2 Å². The maximum absolute atomic E-state index is 10.9. The number of nitrogens with zero attached hydrogens (tertiary/aromatic N) is 1. The molecule has 0 aliphatic carbocycles. The predicted molar refractivity (Wildman–Crippen MR) is 77.7 cm³/mol. The van der Waals surface area contributed by atoms with Crippen LogP contribution in [0, 0.1) is 10.1 Å². The third kappa shape index (κ3) is 4.27. The lowest BCUT2D eigenvalue weighted by Crippen LogP contribution is -2.14. The van der Waals surface area contributed by atoms with Crippen LogP contribution in [0.3, 0.4) is 0 Å². The lowest BCUT2D eigenvalue weighted by Gasteiger charge is -2.07. The molecule has 0 aliphatic heterocycles. The Hall–Kier alpha value is -2.44. The van der Waals surface area contributed by atoms with Crippen LogP contribution in [-0.4, -0.2) is 12.0 Å². The number of benzene rings is 2. The molecule has 0 aliphatic rings. The maximum atomic E-state index is 10.9. The molecule has 0 amide bonds. The molecule has 0 spiro atoms. The summed E-state index contributed by atoms with van der Waals surface area (Å²) in [6.07, 6.45) is 0. The van der Waals surface area contributed by atoms with Crippen LogP contribution in [0.2, 0.25) is 0 Å². The van der Waals surface area contributed by atoms with Gasteiger partial charge in [-0.1, -0.05) is 36.4 Å². The van der Waals surface area contributed by atoms with E-state index in [9.17, 15) is 10.1 Å². The largest absolute Gasteiger partial charge is 0.490 e. The average molecular weight is 288 g/mol. The van der Waals surface area contributed by atoms with Gasteiger partial charge in [0.25, 0.3) is 0 Å². The van der Waals surface area contributed by atoms with Crippen molar-refractivity contribution >= 4 is 5.69 Å². The van der Waals surface area contributed by atoms with E-state index in [2.05, 4.69) is 5.48 Å². The molecule has 6 nitrogen and oxygen atoms in total. The first kappa shape index (κ1) is 15.0. The third-order valence-electron chi connectivity index (χ3n) is 2.90. The fourth-order valence-corrected chi connectivity index (χ4v) is 1.83. The van der Waals surface area contributed by atoms with E-state index in [1.807, 2.05) is 30.3 Å². The van der Waals surface area contributed by atoms with E-state index >= 15 is 0 Å². The van der Waals surface area contributed by atoms with Gasteiger partial charge in [0.05, 0.1) is 18.6 Å². The summed E-state index contributed by atoms with van der Waals surface area (Å²) in [5, 5.41) is 10.9. The molecule has 0 bridgehead atoms. The standard InChI is InChI=1S/C15H16N2O4/c1-20-15-8-7-13(9-14(15)17(18)19)10-16-21-11-12-5-3-2-4-6-12/h2-9,16H,10-11H2,1H3. The monoisotopic (exact) mass is 288 g/mol. The van der Waals surface area contributed by atoms with E-state index in [1.54, 1.807) is 12.1 Å². The number of hydrogen-bond donors (Lipinski definition) is 1. The van der Waals surface area contributed by atoms with Crippen molar-refractivity contribution in [1.29, 1.82) is 0 Å². The molecule has 6 heteroatoms. The van der Waals surface area contributed by atoms with Gasteiger partial charge in [-0.3, -0.25) is 15.0 Å². The van der Waals surface area contributed by atoms with Crippen molar-refractivity contribution in [2.45, 2.75) is 13.2 Å². The molecule has 21 heavy (non-hydrogen) atoms. The summed E-state index contributed by atoms with van der Waals surface area (Å²) >= 11 is 0. The van der Waals surface area contributed by atoms with Gasteiger partial charge in [0.2, 0.25) is 0 Å². The molecule has 0 heterocycles. The van der Waals surface area contributed by atoms with E-state index in [-0.39, 0.29) is 11.4 Å². The first-order valence-electron chi connectivity index (χ1n) is 6.40. The van der Waals surface area contributed by atoms with Crippen molar-refractivity contribution in [1.82, 2.24) is 5.48 Å². The Labute approximate surface area is 122 Å². The highest BCUT2D eigenvalue weighted by Crippen LogP contribution is 2.27. The minimum absolute atomic E-state index is 0.0557. The Bertz CT molecular complexity index is 602. The summed E-state index contributed by atoms with van der Waals surface area (Å²) in [7, 11) is 1.41. The zero-order chi connectivity index (χ0) is 15.1. The molecule has 2 aromatic rings. The normalized spacial score (nSPS) is 10.3. The minimum atomic E-state index is -0.465. The van der Waals surface area contributed by atoms with Crippen LogP contribution in [0.4, 0.5) is 5.69 Å². The van der Waals surface area contributed by atoms with Gasteiger partial charge in [0.15, 0.2) is 5.75 Å². The van der Waals surface area contributed by atoms with E-state index in [4.69, 9.17) is 9.57 Å². The first-order chi connectivity index (χ1) is 10.2. The van der Waals surface area contributed by atoms with Gasteiger partial charge in [-0.2, -0.15) is 5.48 Å². The van der Waals surface area contributed by atoms with Gasteiger partial charge < -0.3 is 4.74 Å². The molecule has 0 fully saturated rings. The first-order valence-corrected chi connectivity index (χ1v) is 6.40. The van der Waals surface area contributed by atoms with Crippen LogP contribution in [0.25, 0.3) is 0 Å². The second kappa shape index (κ2) is 7.37. The topological polar surface area (TPSA) is 73.6 Å². The number of nitro groups is 1. The highest BCUT2D eigenvalue weighted by Gasteiger charge is 2.14. The highest BCUT2D eigenvalue weighted by molar-refractivity contribution is 5.48. The van der Waals surface area contributed by atoms with Crippen molar-refractivity contribution in [3.8, 4) is 5.75 Å². The lowest BCUT2D eigenvalue weighted by molar-refractivity contribution is -0.385. The quantitative estimate of drug-likeness (QED) is 0.482. The van der Waals surface area contributed by atoms with Gasteiger partial charge in [-0.05, 0) is 17.2 Å². The number of methoxy groups -OCH3 is 1. The fourth-order valence-electron chi connectivity index (χ4n) is 1.83. The molecule has 2 aromatic carbocycles. The summed E-state index contributed by atoms with van der Waals surface area (Å²) in [5.41, 5.74) is 4.53. The van der Waals surface area contributed by atoms with E-state index < -0.39 is 4.92 Å². The number of hydroxylamine groups is 1. The molecule has 0 unspecified atom stereocenters. The summed E-state index contributed by atoms with van der Waals surface area (Å²) in [5.74, 6) is 0.244. The van der Waals surface area contributed by atoms with Gasteiger partial charge in [0, 0.05) is 12.6 Å². The molecule has 0 radical (unpaired) electrons. The zero-order valence-corrected chi connectivity index (χ0v) is 11.6. The molecule has 0 saturated carbocycles. The average Bonchev–Trinajstić information content (AvgIpc) is 2.52.